The van der Waals surface area contributed by atoms with E-state index in [1.165, 1.54) is 0 Å². The Morgan fingerprint density at radius 2 is 1.96 bits per heavy atom. The van der Waals surface area contributed by atoms with E-state index in [2.05, 4.69) is 34.7 Å². The molecule has 1 aliphatic heterocycles. The number of aryl methyl sites for hydroxylation is 1. The summed E-state index contributed by atoms with van der Waals surface area (Å²) in [7, 11) is 0. The summed E-state index contributed by atoms with van der Waals surface area (Å²) < 4.78 is 0. The normalized spacial score (nSPS) is 19.0. The van der Waals surface area contributed by atoms with Crippen molar-refractivity contribution in [2.24, 2.45) is 5.92 Å². The highest BCUT2D eigenvalue weighted by Crippen LogP contribution is 2.34. The number of carbonyl (C=O) groups excluding carboxylic acids is 2. The minimum absolute atomic E-state index is 0.0114. The number of nitrogens with zero attached hydrogens (tertiary/aromatic N) is 2. The van der Waals surface area contributed by atoms with Crippen molar-refractivity contribution in [1.29, 1.82) is 0 Å². The van der Waals surface area contributed by atoms with Gasteiger partial charge in [0.15, 0.2) is 0 Å². The molecule has 0 saturated carbocycles. The molecule has 3 amide bonds. The van der Waals surface area contributed by atoms with Crippen LogP contribution in [0.2, 0.25) is 0 Å². The lowest BCUT2D eigenvalue weighted by Gasteiger charge is -2.20. The lowest BCUT2D eigenvalue weighted by Crippen LogP contribution is -2.39. The molecule has 1 saturated heterocycles. The molecular formula is C21H26N4O2. The number of pyridine rings is 1. The summed E-state index contributed by atoms with van der Waals surface area (Å²) in [6.45, 7) is 5.91. The van der Waals surface area contributed by atoms with Gasteiger partial charge in [0, 0.05) is 44.5 Å². The molecule has 6 nitrogen and oxygen atoms in total. The van der Waals surface area contributed by atoms with Crippen LogP contribution in [0.5, 0.6) is 0 Å². The van der Waals surface area contributed by atoms with Crippen LogP contribution in [-0.2, 0) is 11.3 Å². The minimum Gasteiger partial charge on any atom is -0.352 e. The van der Waals surface area contributed by atoms with E-state index in [9.17, 15) is 9.59 Å². The smallest absolute Gasteiger partial charge is 0.317 e. The van der Waals surface area contributed by atoms with Crippen molar-refractivity contribution in [3.63, 3.8) is 0 Å². The van der Waals surface area contributed by atoms with Crippen LogP contribution in [-0.4, -0.2) is 41.5 Å². The first kappa shape index (κ1) is 18.9. The monoisotopic (exact) mass is 366 g/mol. The van der Waals surface area contributed by atoms with Gasteiger partial charge in [-0.25, -0.2) is 4.79 Å². The minimum atomic E-state index is -0.273. The molecule has 1 aromatic heterocycles. The number of urea groups is 1. The summed E-state index contributed by atoms with van der Waals surface area (Å²) in [5, 5.41) is 5.85. The van der Waals surface area contributed by atoms with Gasteiger partial charge in [0.1, 0.15) is 0 Å². The fourth-order valence-corrected chi connectivity index (χ4v) is 3.64. The molecule has 2 aromatic rings. The zero-order valence-electron chi connectivity index (χ0n) is 15.8. The molecule has 0 spiro atoms. The quantitative estimate of drug-likeness (QED) is 0.854. The number of likely N-dealkylation sites (tertiary alicyclic amines) is 1. The molecule has 1 aromatic carbocycles. The molecular weight excluding hydrogens is 340 g/mol. The van der Waals surface area contributed by atoms with E-state index in [0.29, 0.717) is 26.2 Å². The van der Waals surface area contributed by atoms with Crippen LogP contribution in [0, 0.1) is 12.8 Å². The summed E-state index contributed by atoms with van der Waals surface area (Å²) in [6.07, 6.45) is 3.45. The molecule has 0 aliphatic carbocycles. The Kier molecular flexibility index (Phi) is 6.06. The third kappa shape index (κ3) is 4.45. The maximum atomic E-state index is 12.9. The van der Waals surface area contributed by atoms with Gasteiger partial charge in [-0.15, -0.1) is 0 Å². The molecule has 0 unspecified atom stereocenters. The van der Waals surface area contributed by atoms with E-state index in [4.69, 9.17) is 0 Å². The number of benzene rings is 1. The Labute approximate surface area is 160 Å². The van der Waals surface area contributed by atoms with Gasteiger partial charge < -0.3 is 15.5 Å². The highest BCUT2D eigenvalue weighted by Gasteiger charge is 2.40. The van der Waals surface area contributed by atoms with Gasteiger partial charge in [-0.1, -0.05) is 30.3 Å². The topological polar surface area (TPSA) is 74.3 Å². The number of amides is 3. The number of aromatic nitrogens is 1. The predicted molar refractivity (Wildman–Crippen MR) is 104 cm³/mol. The predicted octanol–water partition coefficient (Wildman–Crippen LogP) is 2.45. The van der Waals surface area contributed by atoms with E-state index < -0.39 is 0 Å². The molecule has 0 bridgehead atoms. The first-order valence-electron chi connectivity index (χ1n) is 9.35. The summed E-state index contributed by atoms with van der Waals surface area (Å²) in [6, 6.07) is 11.8. The van der Waals surface area contributed by atoms with Crippen molar-refractivity contribution in [2.45, 2.75) is 26.3 Å². The molecule has 2 atom stereocenters. The second-order valence-electron chi connectivity index (χ2n) is 6.89. The van der Waals surface area contributed by atoms with E-state index in [-0.39, 0.29) is 23.8 Å². The number of rotatable bonds is 5. The lowest BCUT2D eigenvalue weighted by molar-refractivity contribution is -0.125. The Hall–Kier alpha value is -2.89. The first-order valence-corrected chi connectivity index (χ1v) is 9.35. The van der Waals surface area contributed by atoms with Gasteiger partial charge in [-0.2, -0.15) is 0 Å². The van der Waals surface area contributed by atoms with Crippen LogP contribution >= 0.6 is 0 Å². The van der Waals surface area contributed by atoms with Crippen molar-refractivity contribution in [3.05, 3.63) is 65.5 Å². The highest BCUT2D eigenvalue weighted by atomic mass is 16.2. The summed E-state index contributed by atoms with van der Waals surface area (Å²) in [5.74, 6) is -0.313. The fraction of sp³-hybridized carbons (Fsp3) is 0.381. The fourth-order valence-electron chi connectivity index (χ4n) is 3.64. The standard InChI is InChI=1S/C21H26N4O2/c1-3-23-21(27)25-13-18(17-9-5-4-7-15(17)2)19(14-25)20(26)24-12-16-8-6-10-22-11-16/h4-11,18-19H,3,12-14H2,1-2H3,(H,23,27)(H,24,26)/t18-,19+/m1/s1. The highest BCUT2D eigenvalue weighted by molar-refractivity contribution is 5.83. The van der Waals surface area contributed by atoms with E-state index in [0.717, 1.165) is 16.7 Å². The Morgan fingerprint density at radius 1 is 1.15 bits per heavy atom. The molecule has 1 aliphatic rings. The van der Waals surface area contributed by atoms with Gasteiger partial charge in [-0.3, -0.25) is 9.78 Å². The Balaban J connectivity index is 1.77. The van der Waals surface area contributed by atoms with Crippen LogP contribution in [0.25, 0.3) is 0 Å². The van der Waals surface area contributed by atoms with Gasteiger partial charge in [-0.05, 0) is 36.6 Å². The number of hydrogen-bond donors (Lipinski definition) is 2. The SMILES string of the molecule is CCNC(=O)N1C[C@H](C(=O)NCc2cccnc2)[C@@H](c2ccccc2C)C1. The van der Waals surface area contributed by atoms with E-state index in [1.807, 2.05) is 31.2 Å². The molecule has 6 heteroatoms. The van der Waals surface area contributed by atoms with Crippen LogP contribution in [0.15, 0.2) is 48.8 Å². The second kappa shape index (κ2) is 8.66. The van der Waals surface area contributed by atoms with E-state index >= 15 is 0 Å². The molecule has 3 rings (SSSR count). The first-order chi connectivity index (χ1) is 13.1. The van der Waals surface area contributed by atoms with Crippen molar-refractivity contribution < 1.29 is 9.59 Å². The Morgan fingerprint density at radius 3 is 2.67 bits per heavy atom. The van der Waals surface area contributed by atoms with Crippen molar-refractivity contribution in [3.8, 4) is 0 Å². The number of carbonyl (C=O) groups is 2. The van der Waals surface area contributed by atoms with Gasteiger partial charge >= 0.3 is 6.03 Å². The van der Waals surface area contributed by atoms with Crippen molar-refractivity contribution in [2.75, 3.05) is 19.6 Å². The molecule has 27 heavy (non-hydrogen) atoms. The maximum Gasteiger partial charge on any atom is 0.317 e. The molecule has 142 valence electrons. The second-order valence-corrected chi connectivity index (χ2v) is 6.89. The molecule has 0 radical (unpaired) electrons. The Bertz CT molecular complexity index is 794. The summed E-state index contributed by atoms with van der Waals surface area (Å²) >= 11 is 0. The number of hydrogen-bond acceptors (Lipinski definition) is 3. The third-order valence-electron chi connectivity index (χ3n) is 5.05. The van der Waals surface area contributed by atoms with Crippen LogP contribution in [0.1, 0.15) is 29.5 Å². The maximum absolute atomic E-state index is 12.9. The van der Waals surface area contributed by atoms with E-state index in [1.54, 1.807) is 17.3 Å². The molecule has 2 N–H and O–H groups in total. The number of nitrogens with one attached hydrogen (secondary N) is 2. The lowest BCUT2D eigenvalue weighted by atomic mass is 9.86. The van der Waals surface area contributed by atoms with Crippen molar-refractivity contribution >= 4 is 11.9 Å². The summed E-state index contributed by atoms with van der Waals surface area (Å²) in [5.41, 5.74) is 3.23. The average Bonchev–Trinajstić information content (AvgIpc) is 3.13. The van der Waals surface area contributed by atoms with Crippen molar-refractivity contribution in [1.82, 2.24) is 20.5 Å². The van der Waals surface area contributed by atoms with Gasteiger partial charge in [0.25, 0.3) is 0 Å². The largest absolute Gasteiger partial charge is 0.352 e. The zero-order valence-corrected chi connectivity index (χ0v) is 15.8. The van der Waals surface area contributed by atoms with Crippen LogP contribution in [0.3, 0.4) is 0 Å². The van der Waals surface area contributed by atoms with Gasteiger partial charge in [0.05, 0.1) is 5.92 Å². The van der Waals surface area contributed by atoms with Crippen LogP contribution < -0.4 is 10.6 Å². The van der Waals surface area contributed by atoms with Crippen LogP contribution in [0.4, 0.5) is 4.79 Å². The zero-order chi connectivity index (χ0) is 19.2. The molecule has 2 heterocycles. The third-order valence-corrected chi connectivity index (χ3v) is 5.05. The average molecular weight is 366 g/mol. The molecule has 1 fully saturated rings. The summed E-state index contributed by atoms with van der Waals surface area (Å²) in [4.78, 5) is 31.1. The van der Waals surface area contributed by atoms with Gasteiger partial charge in [0.2, 0.25) is 5.91 Å².